The number of nitrogens with one attached hydrogen (secondary N) is 1. The second kappa shape index (κ2) is 6.13. The van der Waals surface area contributed by atoms with Crippen LogP contribution in [0.25, 0.3) is 0 Å². The molecule has 1 fully saturated rings. The molecule has 1 N–H and O–H groups in total. The summed E-state index contributed by atoms with van der Waals surface area (Å²) in [7, 11) is 0. The van der Waals surface area contributed by atoms with E-state index in [0.29, 0.717) is 12.4 Å². The van der Waals surface area contributed by atoms with E-state index in [4.69, 9.17) is 0 Å². The fourth-order valence-corrected chi connectivity index (χ4v) is 2.38. The summed E-state index contributed by atoms with van der Waals surface area (Å²) < 4.78 is 0.741. The van der Waals surface area contributed by atoms with Gasteiger partial charge in [0.15, 0.2) is 0 Å². The van der Waals surface area contributed by atoms with Crippen LogP contribution >= 0.6 is 15.9 Å². The molecule has 0 aliphatic carbocycles. The number of halogens is 1. The van der Waals surface area contributed by atoms with Gasteiger partial charge in [-0.15, -0.1) is 0 Å². The number of carbonyl (C=O) groups excluding carboxylic acids is 1. The topological polar surface area (TPSA) is 58.1 Å². The lowest BCUT2D eigenvalue weighted by Crippen LogP contribution is -2.33. The molecule has 0 radical (unpaired) electrons. The molecule has 5 nitrogen and oxygen atoms in total. The van der Waals surface area contributed by atoms with Crippen molar-refractivity contribution in [3.05, 3.63) is 16.5 Å². The Labute approximate surface area is 115 Å². The van der Waals surface area contributed by atoms with Crippen molar-refractivity contribution in [2.75, 3.05) is 25.0 Å². The minimum atomic E-state index is 0.139. The van der Waals surface area contributed by atoms with Gasteiger partial charge < -0.3 is 10.2 Å². The van der Waals surface area contributed by atoms with Gasteiger partial charge in [0, 0.05) is 25.6 Å². The van der Waals surface area contributed by atoms with Gasteiger partial charge in [-0.1, -0.05) is 6.92 Å². The van der Waals surface area contributed by atoms with E-state index in [1.165, 1.54) is 0 Å². The highest BCUT2D eigenvalue weighted by atomic mass is 79.9. The van der Waals surface area contributed by atoms with Gasteiger partial charge in [0.1, 0.15) is 16.2 Å². The van der Waals surface area contributed by atoms with E-state index in [1.54, 1.807) is 6.07 Å². The molecule has 1 aliphatic rings. The summed E-state index contributed by atoms with van der Waals surface area (Å²) in [6.07, 6.45) is 3.00. The molecule has 2 rings (SSSR count). The molecule has 0 atom stereocenters. The highest BCUT2D eigenvalue weighted by molar-refractivity contribution is 9.10. The smallest absolute Gasteiger partial charge is 0.241 e. The number of aromatic nitrogens is 2. The molecule has 0 spiro atoms. The van der Waals surface area contributed by atoms with Gasteiger partial charge in [-0.3, -0.25) is 4.79 Å². The molecule has 1 aliphatic heterocycles. The van der Waals surface area contributed by atoms with Gasteiger partial charge in [0.2, 0.25) is 5.91 Å². The SMILES string of the molecule is CCc1nc(Br)cc(NCC(=O)N2CCCC2)n1. The van der Waals surface area contributed by atoms with Gasteiger partial charge in [0.05, 0.1) is 6.54 Å². The summed E-state index contributed by atoms with van der Waals surface area (Å²) in [6, 6.07) is 1.79. The number of hydrogen-bond donors (Lipinski definition) is 1. The van der Waals surface area contributed by atoms with Gasteiger partial charge in [-0.05, 0) is 28.8 Å². The van der Waals surface area contributed by atoms with Crippen LogP contribution in [0.5, 0.6) is 0 Å². The maximum atomic E-state index is 11.9. The Kier molecular flexibility index (Phi) is 4.52. The Morgan fingerprint density at radius 1 is 1.44 bits per heavy atom. The molecule has 2 heterocycles. The van der Waals surface area contributed by atoms with E-state index >= 15 is 0 Å². The zero-order valence-corrected chi connectivity index (χ0v) is 12.0. The van der Waals surface area contributed by atoms with Crippen molar-refractivity contribution >= 4 is 27.7 Å². The summed E-state index contributed by atoms with van der Waals surface area (Å²) in [5, 5.41) is 3.06. The summed E-state index contributed by atoms with van der Waals surface area (Å²) in [4.78, 5) is 22.3. The van der Waals surface area contributed by atoms with E-state index < -0.39 is 0 Å². The van der Waals surface area contributed by atoms with Crippen molar-refractivity contribution in [3.8, 4) is 0 Å². The lowest BCUT2D eigenvalue weighted by Gasteiger charge is -2.15. The van der Waals surface area contributed by atoms with E-state index in [-0.39, 0.29) is 5.91 Å². The molecule has 6 heteroatoms. The average Bonchev–Trinajstić information content (AvgIpc) is 2.89. The van der Waals surface area contributed by atoms with Crippen LogP contribution in [0.4, 0.5) is 5.82 Å². The van der Waals surface area contributed by atoms with Crippen LogP contribution in [0.15, 0.2) is 10.7 Å². The molecule has 0 bridgehead atoms. The minimum Gasteiger partial charge on any atom is -0.361 e. The minimum absolute atomic E-state index is 0.139. The lowest BCUT2D eigenvalue weighted by atomic mass is 10.4. The lowest BCUT2D eigenvalue weighted by molar-refractivity contribution is -0.128. The van der Waals surface area contributed by atoms with Crippen molar-refractivity contribution < 1.29 is 4.79 Å². The molecule has 1 saturated heterocycles. The largest absolute Gasteiger partial charge is 0.361 e. The molecule has 0 aromatic carbocycles. The quantitative estimate of drug-likeness (QED) is 0.862. The molecule has 1 amide bonds. The normalized spacial score (nSPS) is 14.9. The van der Waals surface area contributed by atoms with Crippen molar-refractivity contribution in [2.24, 2.45) is 0 Å². The van der Waals surface area contributed by atoms with Crippen LogP contribution in [0.2, 0.25) is 0 Å². The van der Waals surface area contributed by atoms with Crippen molar-refractivity contribution in [1.29, 1.82) is 0 Å². The maximum absolute atomic E-state index is 11.9. The van der Waals surface area contributed by atoms with Crippen LogP contribution in [-0.4, -0.2) is 40.4 Å². The van der Waals surface area contributed by atoms with Crippen LogP contribution < -0.4 is 5.32 Å². The number of likely N-dealkylation sites (tertiary alicyclic amines) is 1. The number of amides is 1. The fraction of sp³-hybridized carbons (Fsp3) is 0.583. The van der Waals surface area contributed by atoms with Gasteiger partial charge in [-0.2, -0.15) is 0 Å². The third kappa shape index (κ3) is 3.41. The standard InChI is InChI=1S/C12H17BrN4O/c1-2-10-15-9(13)7-11(16-10)14-8-12(18)17-5-3-4-6-17/h7H,2-6,8H2,1H3,(H,14,15,16). The number of nitrogens with zero attached hydrogens (tertiary/aromatic N) is 3. The zero-order valence-electron chi connectivity index (χ0n) is 10.4. The van der Waals surface area contributed by atoms with Crippen molar-refractivity contribution in [1.82, 2.24) is 14.9 Å². The van der Waals surface area contributed by atoms with Gasteiger partial charge in [-0.25, -0.2) is 9.97 Å². The summed E-state index contributed by atoms with van der Waals surface area (Å²) in [6.45, 7) is 4.07. The first-order valence-corrected chi connectivity index (χ1v) is 7.03. The summed E-state index contributed by atoms with van der Waals surface area (Å²) in [5.41, 5.74) is 0. The Bertz CT molecular complexity index is 432. The molecule has 1 aromatic rings. The number of anilines is 1. The fourth-order valence-electron chi connectivity index (χ4n) is 1.96. The third-order valence-electron chi connectivity index (χ3n) is 2.94. The Morgan fingerprint density at radius 2 is 2.17 bits per heavy atom. The molecular weight excluding hydrogens is 296 g/mol. The number of aryl methyl sites for hydroxylation is 1. The third-order valence-corrected chi connectivity index (χ3v) is 3.34. The first kappa shape index (κ1) is 13.3. The number of rotatable bonds is 4. The van der Waals surface area contributed by atoms with Crippen LogP contribution in [0.3, 0.4) is 0 Å². The Morgan fingerprint density at radius 3 is 2.83 bits per heavy atom. The van der Waals surface area contributed by atoms with Crippen molar-refractivity contribution in [3.63, 3.8) is 0 Å². The Balaban J connectivity index is 1.92. The summed E-state index contributed by atoms with van der Waals surface area (Å²) in [5.74, 6) is 1.60. The highest BCUT2D eigenvalue weighted by Crippen LogP contribution is 2.13. The predicted molar refractivity (Wildman–Crippen MR) is 73.4 cm³/mol. The average molecular weight is 313 g/mol. The second-order valence-electron chi connectivity index (χ2n) is 4.29. The zero-order chi connectivity index (χ0) is 13.0. The van der Waals surface area contributed by atoms with Crippen LogP contribution in [0.1, 0.15) is 25.6 Å². The van der Waals surface area contributed by atoms with E-state index in [1.807, 2.05) is 11.8 Å². The maximum Gasteiger partial charge on any atom is 0.241 e. The first-order chi connectivity index (χ1) is 8.69. The van der Waals surface area contributed by atoms with Crippen molar-refractivity contribution in [2.45, 2.75) is 26.2 Å². The molecule has 18 heavy (non-hydrogen) atoms. The number of hydrogen-bond acceptors (Lipinski definition) is 4. The first-order valence-electron chi connectivity index (χ1n) is 6.24. The van der Waals surface area contributed by atoms with E-state index in [9.17, 15) is 4.79 Å². The van der Waals surface area contributed by atoms with Crippen LogP contribution in [-0.2, 0) is 11.2 Å². The van der Waals surface area contributed by atoms with Gasteiger partial charge >= 0.3 is 0 Å². The molecule has 0 unspecified atom stereocenters. The van der Waals surface area contributed by atoms with E-state index in [0.717, 1.165) is 42.8 Å². The van der Waals surface area contributed by atoms with Crippen LogP contribution in [0, 0.1) is 0 Å². The van der Waals surface area contributed by atoms with Gasteiger partial charge in [0.25, 0.3) is 0 Å². The Hall–Kier alpha value is -1.17. The summed E-state index contributed by atoms with van der Waals surface area (Å²) >= 11 is 3.34. The van der Waals surface area contributed by atoms with E-state index in [2.05, 4.69) is 31.2 Å². The predicted octanol–water partition coefficient (Wildman–Crippen LogP) is 1.84. The molecule has 0 saturated carbocycles. The number of carbonyl (C=O) groups is 1. The molecule has 1 aromatic heterocycles. The highest BCUT2D eigenvalue weighted by Gasteiger charge is 2.17. The monoisotopic (exact) mass is 312 g/mol. The molecule has 98 valence electrons. The second-order valence-corrected chi connectivity index (χ2v) is 5.10. The molecular formula is C12H17BrN4O.